The van der Waals surface area contributed by atoms with Crippen LogP contribution in [-0.4, -0.2) is 38.8 Å². The number of aliphatic hydroxyl groups is 2. The van der Waals surface area contributed by atoms with Crippen LogP contribution in [0.2, 0.25) is 0 Å². The number of hydrogen-bond donors (Lipinski definition) is 3. The van der Waals surface area contributed by atoms with E-state index >= 15 is 0 Å². The highest BCUT2D eigenvalue weighted by atomic mass is 16.4. The molecule has 148 valence electrons. The van der Waals surface area contributed by atoms with Gasteiger partial charge in [0.15, 0.2) is 0 Å². The van der Waals surface area contributed by atoms with Crippen LogP contribution in [0.4, 0.5) is 0 Å². The molecule has 0 bridgehead atoms. The molecule has 0 aromatic carbocycles. The van der Waals surface area contributed by atoms with Gasteiger partial charge in [-0.05, 0) is 32.6 Å². The number of rotatable bonds is 12. The molecule has 0 unspecified atom stereocenters. The molecule has 5 nitrogen and oxygen atoms in total. The van der Waals surface area contributed by atoms with Crippen LogP contribution in [0.1, 0.15) is 71.6 Å². The zero-order valence-corrected chi connectivity index (χ0v) is 16.1. The molecule has 0 spiro atoms. The minimum absolute atomic E-state index is 0.0490. The van der Waals surface area contributed by atoms with Gasteiger partial charge in [-0.15, -0.1) is 0 Å². The number of allylic oxidation sites excluding steroid dienone is 2. The Bertz CT molecular complexity index is 507. The maximum absolute atomic E-state index is 12.2. The highest BCUT2D eigenvalue weighted by Gasteiger charge is 2.39. The first-order chi connectivity index (χ1) is 12.3. The van der Waals surface area contributed by atoms with Crippen molar-refractivity contribution in [1.29, 1.82) is 0 Å². The monoisotopic (exact) mass is 366 g/mol. The second kappa shape index (κ2) is 11.3. The van der Waals surface area contributed by atoms with E-state index in [0.29, 0.717) is 25.7 Å². The zero-order chi connectivity index (χ0) is 19.6. The SMILES string of the molecule is CCCCC[C@@](C)(O)C=C[C@H]1[C@H](O)CC(=O)[C@@H]1C/C=C/CCCC(=O)O. The summed E-state index contributed by atoms with van der Waals surface area (Å²) in [5.41, 5.74) is -0.919. The van der Waals surface area contributed by atoms with E-state index in [1.165, 1.54) is 0 Å². The van der Waals surface area contributed by atoms with Gasteiger partial charge in [-0.2, -0.15) is 0 Å². The average Bonchev–Trinajstić information content (AvgIpc) is 2.82. The summed E-state index contributed by atoms with van der Waals surface area (Å²) >= 11 is 0. The molecule has 5 heteroatoms. The quantitative estimate of drug-likeness (QED) is 0.362. The van der Waals surface area contributed by atoms with E-state index in [0.717, 1.165) is 19.3 Å². The summed E-state index contributed by atoms with van der Waals surface area (Å²) in [6.45, 7) is 3.88. The fourth-order valence-electron chi connectivity index (χ4n) is 3.39. The van der Waals surface area contributed by atoms with Crippen molar-refractivity contribution in [3.8, 4) is 0 Å². The third-order valence-electron chi connectivity index (χ3n) is 5.01. The van der Waals surface area contributed by atoms with E-state index in [2.05, 4.69) is 6.92 Å². The molecule has 1 saturated carbocycles. The van der Waals surface area contributed by atoms with E-state index in [9.17, 15) is 19.8 Å². The van der Waals surface area contributed by atoms with Crippen molar-refractivity contribution in [2.45, 2.75) is 83.3 Å². The number of hydrogen-bond acceptors (Lipinski definition) is 4. The van der Waals surface area contributed by atoms with Crippen molar-refractivity contribution in [2.75, 3.05) is 0 Å². The number of Topliss-reactive ketones (excluding diaryl/α,β-unsaturated/α-hetero) is 1. The van der Waals surface area contributed by atoms with Gasteiger partial charge in [-0.25, -0.2) is 0 Å². The molecule has 26 heavy (non-hydrogen) atoms. The van der Waals surface area contributed by atoms with Gasteiger partial charge in [0.2, 0.25) is 0 Å². The molecule has 1 rings (SSSR count). The van der Waals surface area contributed by atoms with Crippen molar-refractivity contribution >= 4 is 11.8 Å². The number of aliphatic hydroxyl groups excluding tert-OH is 1. The molecular weight excluding hydrogens is 332 g/mol. The van der Waals surface area contributed by atoms with Crippen LogP contribution in [0.5, 0.6) is 0 Å². The van der Waals surface area contributed by atoms with E-state index < -0.39 is 17.7 Å². The lowest BCUT2D eigenvalue weighted by Crippen LogP contribution is -2.23. The molecular formula is C21H34O5. The number of aliphatic carboxylic acids is 1. The van der Waals surface area contributed by atoms with Crippen LogP contribution in [0.15, 0.2) is 24.3 Å². The lowest BCUT2D eigenvalue weighted by Gasteiger charge is -2.21. The molecule has 3 N–H and O–H groups in total. The van der Waals surface area contributed by atoms with Gasteiger partial charge in [0.25, 0.3) is 0 Å². The number of unbranched alkanes of at least 4 members (excludes halogenated alkanes) is 3. The summed E-state index contributed by atoms with van der Waals surface area (Å²) in [6.07, 6.45) is 12.5. The number of carboxylic acid groups (broad SMARTS) is 1. The van der Waals surface area contributed by atoms with Crippen LogP contribution in [-0.2, 0) is 9.59 Å². The fraction of sp³-hybridized carbons (Fsp3) is 0.714. The summed E-state index contributed by atoms with van der Waals surface area (Å²) in [4.78, 5) is 22.6. The van der Waals surface area contributed by atoms with E-state index in [1.807, 2.05) is 18.2 Å². The second-order valence-electron chi connectivity index (χ2n) is 7.59. The zero-order valence-electron chi connectivity index (χ0n) is 16.1. The van der Waals surface area contributed by atoms with Gasteiger partial charge in [0.1, 0.15) is 5.78 Å². The lowest BCUT2D eigenvalue weighted by molar-refractivity contribution is -0.137. The van der Waals surface area contributed by atoms with Crippen LogP contribution in [0.25, 0.3) is 0 Å². The third-order valence-corrected chi connectivity index (χ3v) is 5.01. The van der Waals surface area contributed by atoms with Crippen molar-refractivity contribution < 1.29 is 24.9 Å². The number of carbonyl (C=O) groups is 2. The molecule has 1 aliphatic rings. The molecule has 1 fully saturated rings. The molecule has 0 aliphatic heterocycles. The average molecular weight is 366 g/mol. The summed E-state index contributed by atoms with van der Waals surface area (Å²) in [5.74, 6) is -1.30. The van der Waals surface area contributed by atoms with Gasteiger partial charge in [0.05, 0.1) is 11.7 Å². The van der Waals surface area contributed by atoms with Gasteiger partial charge >= 0.3 is 5.97 Å². The Balaban J connectivity index is 2.58. The normalized spacial score (nSPS) is 26.0. The van der Waals surface area contributed by atoms with Crippen LogP contribution < -0.4 is 0 Å². The predicted octanol–water partition coefficient (Wildman–Crippen LogP) is 3.64. The highest BCUT2D eigenvalue weighted by molar-refractivity contribution is 5.84. The maximum atomic E-state index is 12.2. The topological polar surface area (TPSA) is 94.8 Å². The minimum atomic E-state index is -0.919. The summed E-state index contributed by atoms with van der Waals surface area (Å²) < 4.78 is 0. The first-order valence-electron chi connectivity index (χ1n) is 9.76. The van der Waals surface area contributed by atoms with Gasteiger partial charge in [-0.1, -0.05) is 50.5 Å². The Labute approximate surface area is 156 Å². The van der Waals surface area contributed by atoms with Crippen LogP contribution in [0.3, 0.4) is 0 Å². The van der Waals surface area contributed by atoms with Crippen molar-refractivity contribution in [2.24, 2.45) is 11.8 Å². The summed E-state index contributed by atoms with van der Waals surface area (Å²) in [7, 11) is 0. The second-order valence-corrected chi connectivity index (χ2v) is 7.59. The molecule has 0 radical (unpaired) electrons. The Morgan fingerprint density at radius 2 is 2.00 bits per heavy atom. The highest BCUT2D eigenvalue weighted by Crippen LogP contribution is 2.34. The van der Waals surface area contributed by atoms with Gasteiger partial charge < -0.3 is 15.3 Å². The number of ketones is 1. The Morgan fingerprint density at radius 1 is 1.27 bits per heavy atom. The minimum Gasteiger partial charge on any atom is -0.481 e. The molecule has 4 atom stereocenters. The smallest absolute Gasteiger partial charge is 0.303 e. The summed E-state index contributed by atoms with van der Waals surface area (Å²) in [5, 5.41) is 29.3. The first kappa shape index (κ1) is 22.6. The third kappa shape index (κ3) is 8.28. The molecule has 0 heterocycles. The van der Waals surface area contributed by atoms with Crippen LogP contribution >= 0.6 is 0 Å². The maximum Gasteiger partial charge on any atom is 0.303 e. The molecule has 0 aromatic heterocycles. The Morgan fingerprint density at radius 3 is 2.65 bits per heavy atom. The van der Waals surface area contributed by atoms with Crippen molar-refractivity contribution in [3.05, 3.63) is 24.3 Å². The Hall–Kier alpha value is -1.46. The largest absolute Gasteiger partial charge is 0.481 e. The standard InChI is InChI=1S/C21H34O5/c1-3-4-9-13-21(2,26)14-12-17-16(18(22)15-19(17)23)10-7-5-6-8-11-20(24)25/h5,7,12,14,16-17,19,23,26H,3-4,6,8-11,13,15H2,1-2H3,(H,24,25)/b7-5+,14-12?/t16-,17-,19-,21-/m1/s1. The Kier molecular flexibility index (Phi) is 9.81. The lowest BCUT2D eigenvalue weighted by atomic mass is 9.88. The van der Waals surface area contributed by atoms with Gasteiger partial charge in [0, 0.05) is 24.7 Å². The molecule has 1 aliphatic carbocycles. The first-order valence-corrected chi connectivity index (χ1v) is 9.76. The van der Waals surface area contributed by atoms with Crippen LogP contribution in [0, 0.1) is 11.8 Å². The van der Waals surface area contributed by atoms with Crippen molar-refractivity contribution in [3.63, 3.8) is 0 Å². The summed E-state index contributed by atoms with van der Waals surface area (Å²) in [6, 6.07) is 0. The number of carbonyl (C=O) groups excluding carboxylic acids is 1. The molecule has 0 saturated heterocycles. The van der Waals surface area contributed by atoms with E-state index in [-0.39, 0.29) is 30.5 Å². The predicted molar refractivity (Wildman–Crippen MR) is 102 cm³/mol. The molecule has 0 amide bonds. The number of carboxylic acids is 1. The van der Waals surface area contributed by atoms with E-state index in [1.54, 1.807) is 13.0 Å². The fourth-order valence-corrected chi connectivity index (χ4v) is 3.39. The van der Waals surface area contributed by atoms with Crippen molar-refractivity contribution in [1.82, 2.24) is 0 Å². The van der Waals surface area contributed by atoms with E-state index in [4.69, 9.17) is 5.11 Å². The molecule has 0 aromatic rings. The van der Waals surface area contributed by atoms with Gasteiger partial charge in [-0.3, -0.25) is 9.59 Å².